The number of urea groups is 1. The number of amides is 2. The average molecular weight is 186 g/mol. The fourth-order valence-electron chi connectivity index (χ4n) is 0.757. The second-order valence-corrected chi connectivity index (χ2v) is 2.93. The quantitative estimate of drug-likeness (QED) is 0.428. The number of hydrogen-bond donors (Lipinski definition) is 3. The summed E-state index contributed by atoms with van der Waals surface area (Å²) in [5.41, 5.74) is 5.17. The second kappa shape index (κ2) is 6.28. The molecule has 0 spiro atoms. The molecular weight excluding hydrogens is 168 g/mol. The monoisotopic (exact) mass is 186 g/mol. The molecule has 0 heterocycles. The zero-order valence-electron chi connectivity index (χ0n) is 8.26. The minimum Gasteiger partial charge on any atom is -0.388 e. The fourth-order valence-corrected chi connectivity index (χ4v) is 0.757. The molecule has 0 saturated carbocycles. The summed E-state index contributed by atoms with van der Waals surface area (Å²) in [6.45, 7) is 3.17. The van der Waals surface area contributed by atoms with Crippen molar-refractivity contribution < 1.29 is 4.79 Å². The lowest BCUT2D eigenvalue weighted by Gasteiger charge is -2.16. The third-order valence-corrected chi connectivity index (χ3v) is 1.59. The highest BCUT2D eigenvalue weighted by molar-refractivity contribution is 5.78. The van der Waals surface area contributed by atoms with Crippen LogP contribution in [0.5, 0.6) is 0 Å². The molecule has 2 amide bonds. The molecule has 5 nitrogen and oxygen atoms in total. The van der Waals surface area contributed by atoms with Crippen molar-refractivity contribution in [2.75, 3.05) is 20.1 Å². The van der Waals surface area contributed by atoms with Gasteiger partial charge in [0.15, 0.2) is 0 Å². The molecule has 0 bridgehead atoms. The van der Waals surface area contributed by atoms with Crippen LogP contribution in [0.1, 0.15) is 19.8 Å². The number of nitrogens with one attached hydrogen (secondary N) is 2. The van der Waals surface area contributed by atoms with Crippen LogP contribution in [0.4, 0.5) is 4.79 Å². The van der Waals surface area contributed by atoms with Gasteiger partial charge >= 0.3 is 6.03 Å². The number of nitrogens with zero attached hydrogens (tertiary/aromatic N) is 1. The van der Waals surface area contributed by atoms with E-state index in [1.54, 1.807) is 7.05 Å². The van der Waals surface area contributed by atoms with Gasteiger partial charge in [0.1, 0.15) is 0 Å². The highest BCUT2D eigenvalue weighted by Crippen LogP contribution is 1.88. The Kier molecular flexibility index (Phi) is 5.67. The van der Waals surface area contributed by atoms with E-state index >= 15 is 0 Å². The molecule has 0 aromatic rings. The van der Waals surface area contributed by atoms with E-state index in [2.05, 4.69) is 5.32 Å². The van der Waals surface area contributed by atoms with E-state index in [-0.39, 0.29) is 11.9 Å². The van der Waals surface area contributed by atoms with Crippen LogP contribution in [0, 0.1) is 5.41 Å². The molecule has 0 atom stereocenters. The van der Waals surface area contributed by atoms with Crippen molar-refractivity contribution in [3.05, 3.63) is 0 Å². The summed E-state index contributed by atoms with van der Waals surface area (Å²) in [6, 6.07) is -0.108. The van der Waals surface area contributed by atoms with Gasteiger partial charge in [-0.2, -0.15) is 0 Å². The Morgan fingerprint density at radius 2 is 2.23 bits per heavy atom. The molecule has 13 heavy (non-hydrogen) atoms. The third kappa shape index (κ3) is 5.95. The summed E-state index contributed by atoms with van der Waals surface area (Å²) in [5, 5.41) is 9.72. The van der Waals surface area contributed by atoms with Crippen molar-refractivity contribution in [3.63, 3.8) is 0 Å². The Bertz CT molecular complexity index is 181. The summed E-state index contributed by atoms with van der Waals surface area (Å²) >= 11 is 0. The summed E-state index contributed by atoms with van der Waals surface area (Å²) in [6.07, 6.45) is 1.35. The molecule has 0 aromatic heterocycles. The maximum absolute atomic E-state index is 11.2. The topological polar surface area (TPSA) is 82.2 Å². The minimum absolute atomic E-state index is 0.107. The predicted octanol–water partition coefficient (Wildman–Crippen LogP) is 0.364. The van der Waals surface area contributed by atoms with Crippen molar-refractivity contribution >= 4 is 11.9 Å². The van der Waals surface area contributed by atoms with Crippen molar-refractivity contribution in [1.29, 1.82) is 5.41 Å². The van der Waals surface area contributed by atoms with Crippen LogP contribution in [0.15, 0.2) is 0 Å². The number of nitrogens with two attached hydrogens (primary N) is 1. The van der Waals surface area contributed by atoms with Gasteiger partial charge in [0.05, 0.1) is 5.84 Å². The molecular formula is C8H18N4O. The van der Waals surface area contributed by atoms with Crippen LogP contribution >= 0.6 is 0 Å². The zero-order valence-corrected chi connectivity index (χ0v) is 8.26. The average Bonchev–Trinajstić information content (AvgIpc) is 2.10. The lowest BCUT2D eigenvalue weighted by molar-refractivity contribution is 0.210. The highest BCUT2D eigenvalue weighted by atomic mass is 16.2. The minimum atomic E-state index is -0.108. The van der Waals surface area contributed by atoms with E-state index in [4.69, 9.17) is 11.1 Å². The lowest BCUT2D eigenvalue weighted by atomic mass is 10.4. The first kappa shape index (κ1) is 11.7. The van der Waals surface area contributed by atoms with Crippen LogP contribution in [-0.2, 0) is 0 Å². The maximum atomic E-state index is 11.2. The van der Waals surface area contributed by atoms with E-state index < -0.39 is 0 Å². The van der Waals surface area contributed by atoms with Crippen molar-refractivity contribution in [1.82, 2.24) is 10.2 Å². The second-order valence-electron chi connectivity index (χ2n) is 2.93. The van der Waals surface area contributed by atoms with Gasteiger partial charge < -0.3 is 16.0 Å². The molecule has 0 unspecified atom stereocenters. The van der Waals surface area contributed by atoms with Gasteiger partial charge in [-0.1, -0.05) is 6.92 Å². The third-order valence-electron chi connectivity index (χ3n) is 1.59. The summed E-state index contributed by atoms with van der Waals surface area (Å²) in [5.74, 6) is 0.107. The van der Waals surface area contributed by atoms with Crippen LogP contribution in [-0.4, -0.2) is 36.9 Å². The number of carbonyl (C=O) groups is 1. The van der Waals surface area contributed by atoms with Crippen molar-refractivity contribution in [2.45, 2.75) is 19.8 Å². The molecule has 0 aromatic carbocycles. The first-order valence-electron chi connectivity index (χ1n) is 4.39. The molecule has 0 fully saturated rings. The summed E-state index contributed by atoms with van der Waals surface area (Å²) in [7, 11) is 1.69. The number of rotatable bonds is 5. The molecule has 4 N–H and O–H groups in total. The Labute approximate surface area is 78.8 Å². The van der Waals surface area contributed by atoms with Gasteiger partial charge in [-0.05, 0) is 6.42 Å². The van der Waals surface area contributed by atoms with Crippen LogP contribution in [0.2, 0.25) is 0 Å². The van der Waals surface area contributed by atoms with Crippen LogP contribution in [0.25, 0.3) is 0 Å². The van der Waals surface area contributed by atoms with Gasteiger partial charge in [0, 0.05) is 26.6 Å². The Morgan fingerprint density at radius 3 is 2.69 bits per heavy atom. The van der Waals surface area contributed by atoms with Gasteiger partial charge in [0.2, 0.25) is 0 Å². The van der Waals surface area contributed by atoms with Crippen LogP contribution in [0.3, 0.4) is 0 Å². The first-order valence-corrected chi connectivity index (χ1v) is 4.39. The largest absolute Gasteiger partial charge is 0.388 e. The normalized spacial score (nSPS) is 9.38. The smallest absolute Gasteiger partial charge is 0.317 e. The molecule has 76 valence electrons. The molecule has 0 saturated heterocycles. The molecule has 0 radical (unpaired) electrons. The molecule has 0 aliphatic carbocycles. The Hall–Kier alpha value is -1.26. The predicted molar refractivity (Wildman–Crippen MR) is 52.9 cm³/mol. The zero-order chi connectivity index (χ0) is 10.3. The van der Waals surface area contributed by atoms with E-state index in [9.17, 15) is 4.79 Å². The molecule has 0 rings (SSSR count). The fraction of sp³-hybridized carbons (Fsp3) is 0.750. The van der Waals surface area contributed by atoms with Gasteiger partial charge in [-0.15, -0.1) is 0 Å². The number of carbonyl (C=O) groups excluding carboxylic acids is 1. The Morgan fingerprint density at radius 1 is 1.62 bits per heavy atom. The van der Waals surface area contributed by atoms with Crippen molar-refractivity contribution in [2.24, 2.45) is 5.73 Å². The van der Waals surface area contributed by atoms with Gasteiger partial charge in [-0.3, -0.25) is 5.41 Å². The number of amidine groups is 1. The molecule has 0 aliphatic heterocycles. The molecule has 5 heteroatoms. The number of hydrogen-bond acceptors (Lipinski definition) is 2. The molecule has 0 aliphatic rings. The summed E-state index contributed by atoms with van der Waals surface area (Å²) < 4.78 is 0. The maximum Gasteiger partial charge on any atom is 0.317 e. The van der Waals surface area contributed by atoms with E-state index in [1.165, 1.54) is 4.90 Å². The Balaban J connectivity index is 3.62. The van der Waals surface area contributed by atoms with Crippen molar-refractivity contribution in [3.8, 4) is 0 Å². The van der Waals surface area contributed by atoms with Crippen LogP contribution < -0.4 is 11.1 Å². The van der Waals surface area contributed by atoms with Gasteiger partial charge in [-0.25, -0.2) is 4.79 Å². The SMILES string of the molecule is CCCNC(=O)N(C)CCC(=N)N. The van der Waals surface area contributed by atoms with E-state index in [0.717, 1.165) is 6.42 Å². The first-order chi connectivity index (χ1) is 6.07. The van der Waals surface area contributed by atoms with Gasteiger partial charge in [0.25, 0.3) is 0 Å². The summed E-state index contributed by atoms with van der Waals surface area (Å²) in [4.78, 5) is 12.7. The van der Waals surface area contributed by atoms with E-state index in [1.807, 2.05) is 6.92 Å². The highest BCUT2D eigenvalue weighted by Gasteiger charge is 2.06. The van der Waals surface area contributed by atoms with E-state index in [0.29, 0.717) is 19.5 Å². The standard InChI is InChI=1S/C8H18N4O/c1-3-5-11-8(13)12(2)6-4-7(9)10/h3-6H2,1-2H3,(H3,9,10)(H,11,13). The lowest BCUT2D eigenvalue weighted by Crippen LogP contribution is -2.39.